The fourth-order valence-electron chi connectivity index (χ4n) is 3.58. The van der Waals surface area contributed by atoms with Crippen molar-refractivity contribution < 1.29 is 26.4 Å². The highest BCUT2D eigenvalue weighted by Crippen LogP contribution is 2.33. The van der Waals surface area contributed by atoms with E-state index in [1.54, 1.807) is 25.1 Å². The van der Waals surface area contributed by atoms with Crippen LogP contribution in [0.1, 0.15) is 23.8 Å². The molecule has 0 unspecified atom stereocenters. The zero-order chi connectivity index (χ0) is 27.5. The predicted molar refractivity (Wildman–Crippen MR) is 146 cm³/mol. The first-order valence-corrected chi connectivity index (χ1v) is 15.9. The number of ketones is 1. The molecule has 1 fully saturated rings. The highest BCUT2D eigenvalue weighted by molar-refractivity contribution is 7.99. The Bertz CT molecular complexity index is 1560. The monoisotopic (exact) mass is 615 g/mol. The Morgan fingerprint density at radius 2 is 1.71 bits per heavy atom. The van der Waals surface area contributed by atoms with Gasteiger partial charge in [-0.15, -0.1) is 0 Å². The second-order valence-corrected chi connectivity index (χ2v) is 13.6. The molecular weight excluding hydrogens is 593 g/mol. The number of hydrogen-bond acceptors (Lipinski definition) is 8. The van der Waals surface area contributed by atoms with Crippen LogP contribution >= 0.6 is 35.0 Å². The van der Waals surface area contributed by atoms with Gasteiger partial charge in [0.15, 0.2) is 5.78 Å². The molecule has 4 rings (SSSR count). The molecule has 1 aliphatic rings. The molecule has 0 spiro atoms. The van der Waals surface area contributed by atoms with E-state index < -0.39 is 20.0 Å². The summed E-state index contributed by atoms with van der Waals surface area (Å²) in [4.78, 5) is 18.1. The van der Waals surface area contributed by atoms with Gasteiger partial charge in [-0.25, -0.2) is 21.8 Å². The van der Waals surface area contributed by atoms with Gasteiger partial charge in [-0.2, -0.15) is 4.31 Å². The highest BCUT2D eigenvalue weighted by atomic mass is 35.5. The fraction of sp³-hybridized carbons (Fsp3) is 0.250. The largest absolute Gasteiger partial charge is 0.379 e. The molecule has 2 heterocycles. The number of benzene rings is 2. The van der Waals surface area contributed by atoms with E-state index in [0.717, 1.165) is 0 Å². The van der Waals surface area contributed by atoms with Gasteiger partial charge >= 0.3 is 0 Å². The average molecular weight is 617 g/mol. The van der Waals surface area contributed by atoms with Crippen LogP contribution in [0.5, 0.6) is 0 Å². The number of pyridine rings is 1. The molecule has 1 aliphatic heterocycles. The maximum Gasteiger partial charge on any atom is 0.264 e. The number of halogens is 2. The van der Waals surface area contributed by atoms with E-state index in [1.807, 2.05) is 0 Å². The van der Waals surface area contributed by atoms with Crippen LogP contribution in [0.2, 0.25) is 10.0 Å². The average Bonchev–Trinajstić information content (AvgIpc) is 2.89. The molecule has 0 bridgehead atoms. The molecule has 202 valence electrons. The minimum atomic E-state index is -4.10. The van der Waals surface area contributed by atoms with E-state index >= 15 is 0 Å². The third kappa shape index (κ3) is 6.50. The van der Waals surface area contributed by atoms with Gasteiger partial charge in [-0.05, 0) is 54.6 Å². The molecule has 0 amide bonds. The lowest BCUT2D eigenvalue weighted by Gasteiger charge is -2.26. The quantitative estimate of drug-likeness (QED) is 0.335. The lowest BCUT2D eigenvalue weighted by molar-refractivity contribution is 0.0730. The smallest absolute Gasteiger partial charge is 0.264 e. The van der Waals surface area contributed by atoms with E-state index in [0.29, 0.717) is 36.1 Å². The summed E-state index contributed by atoms with van der Waals surface area (Å²) in [7, 11) is -7.73. The second-order valence-electron chi connectivity index (χ2n) is 8.09. The Balaban J connectivity index is 1.57. The Morgan fingerprint density at radius 1 is 1.03 bits per heavy atom. The molecule has 1 saturated heterocycles. The summed E-state index contributed by atoms with van der Waals surface area (Å²) >= 11 is 13.1. The van der Waals surface area contributed by atoms with Crippen LogP contribution in [-0.2, 0) is 24.8 Å². The summed E-state index contributed by atoms with van der Waals surface area (Å²) in [5.41, 5.74) is 0.0879. The molecule has 14 heteroatoms. The summed E-state index contributed by atoms with van der Waals surface area (Å²) in [6, 6.07) is 13.3. The second kappa shape index (κ2) is 11.9. The fourth-order valence-corrected chi connectivity index (χ4v) is 7.68. The van der Waals surface area contributed by atoms with Crippen molar-refractivity contribution in [1.29, 1.82) is 0 Å². The summed E-state index contributed by atoms with van der Waals surface area (Å²) in [6.07, 6.45) is 0.149. The molecule has 38 heavy (non-hydrogen) atoms. The van der Waals surface area contributed by atoms with Gasteiger partial charge in [0.2, 0.25) is 10.0 Å². The number of hydrogen-bond donors (Lipinski definition) is 1. The molecular formula is C24H23Cl2N3O6S3. The maximum absolute atomic E-state index is 12.9. The van der Waals surface area contributed by atoms with Crippen LogP contribution in [0.15, 0.2) is 74.2 Å². The SMILES string of the molecule is CCC(=O)c1nc(NS(=O)(=O)c2ccc(Cl)cc2Cl)ccc1Sc1ccc(S(=O)(=O)N2CCOCC2)cc1. The first kappa shape index (κ1) is 28.8. The van der Waals surface area contributed by atoms with E-state index in [4.69, 9.17) is 27.9 Å². The van der Waals surface area contributed by atoms with Gasteiger partial charge in [0.25, 0.3) is 10.0 Å². The molecule has 2 aromatic carbocycles. The van der Waals surface area contributed by atoms with E-state index in [-0.39, 0.29) is 43.6 Å². The Kier molecular flexibility index (Phi) is 9.03. The van der Waals surface area contributed by atoms with Crippen molar-refractivity contribution in [2.45, 2.75) is 32.9 Å². The van der Waals surface area contributed by atoms with E-state index in [2.05, 4.69) is 9.71 Å². The number of carbonyl (C=O) groups is 1. The first-order valence-electron chi connectivity index (χ1n) is 11.4. The summed E-state index contributed by atoms with van der Waals surface area (Å²) in [5.74, 6) is -0.339. The van der Waals surface area contributed by atoms with E-state index in [9.17, 15) is 21.6 Å². The molecule has 0 saturated carbocycles. The molecule has 0 atom stereocenters. The Morgan fingerprint density at radius 3 is 2.34 bits per heavy atom. The maximum atomic E-state index is 12.9. The van der Waals surface area contributed by atoms with Crippen LogP contribution < -0.4 is 4.72 Å². The van der Waals surface area contributed by atoms with Crippen molar-refractivity contribution in [3.63, 3.8) is 0 Å². The number of Topliss-reactive ketones (excluding diaryl/α,β-unsaturated/α-hetero) is 1. The molecule has 1 aromatic heterocycles. The van der Waals surface area contributed by atoms with Crippen LogP contribution in [0.4, 0.5) is 5.82 Å². The molecule has 9 nitrogen and oxygen atoms in total. The van der Waals surface area contributed by atoms with Crippen molar-refractivity contribution in [3.05, 3.63) is 70.3 Å². The zero-order valence-electron chi connectivity index (χ0n) is 20.1. The number of carbonyl (C=O) groups excluding carboxylic acids is 1. The summed E-state index contributed by atoms with van der Waals surface area (Å²) < 4.78 is 60.4. The number of sulfonamides is 2. The van der Waals surface area contributed by atoms with Crippen molar-refractivity contribution >= 4 is 66.6 Å². The number of anilines is 1. The lowest BCUT2D eigenvalue weighted by Crippen LogP contribution is -2.40. The number of aromatic nitrogens is 1. The Labute approximate surface area is 235 Å². The summed E-state index contributed by atoms with van der Waals surface area (Å²) in [5, 5.41) is 0.233. The number of morpholine rings is 1. The summed E-state index contributed by atoms with van der Waals surface area (Å²) in [6.45, 7) is 2.98. The normalized spacial score (nSPS) is 14.8. The number of nitrogens with zero attached hydrogens (tertiary/aromatic N) is 2. The first-order chi connectivity index (χ1) is 18.0. The molecule has 0 radical (unpaired) electrons. The van der Waals surface area contributed by atoms with Crippen LogP contribution in [0, 0.1) is 0 Å². The van der Waals surface area contributed by atoms with Gasteiger partial charge in [0.1, 0.15) is 16.4 Å². The van der Waals surface area contributed by atoms with Gasteiger partial charge in [0, 0.05) is 34.3 Å². The van der Waals surface area contributed by atoms with Gasteiger partial charge in [0.05, 0.1) is 23.1 Å². The third-order valence-electron chi connectivity index (χ3n) is 5.53. The molecule has 0 aliphatic carbocycles. The van der Waals surface area contributed by atoms with Crippen LogP contribution in [-0.4, -0.2) is 58.2 Å². The number of nitrogens with one attached hydrogen (secondary N) is 1. The topological polar surface area (TPSA) is 123 Å². The van der Waals surface area contributed by atoms with Crippen molar-refractivity contribution in [1.82, 2.24) is 9.29 Å². The van der Waals surface area contributed by atoms with Gasteiger partial charge in [-0.3, -0.25) is 9.52 Å². The van der Waals surface area contributed by atoms with E-state index in [1.165, 1.54) is 52.5 Å². The molecule has 1 N–H and O–H groups in total. The minimum absolute atomic E-state index is 0.0517. The van der Waals surface area contributed by atoms with Crippen molar-refractivity contribution in [2.75, 3.05) is 31.0 Å². The number of rotatable bonds is 9. The minimum Gasteiger partial charge on any atom is -0.379 e. The number of ether oxygens (including phenoxy) is 1. The van der Waals surface area contributed by atoms with Gasteiger partial charge in [-0.1, -0.05) is 41.9 Å². The van der Waals surface area contributed by atoms with Crippen molar-refractivity contribution in [2.24, 2.45) is 0 Å². The highest BCUT2D eigenvalue weighted by Gasteiger charge is 2.26. The zero-order valence-corrected chi connectivity index (χ0v) is 24.0. The van der Waals surface area contributed by atoms with Crippen LogP contribution in [0.3, 0.4) is 0 Å². The Hall–Kier alpha value is -2.19. The van der Waals surface area contributed by atoms with Crippen LogP contribution in [0.25, 0.3) is 0 Å². The lowest BCUT2D eigenvalue weighted by atomic mass is 10.2. The third-order valence-corrected chi connectivity index (χ3v) is 10.6. The van der Waals surface area contributed by atoms with Crippen molar-refractivity contribution in [3.8, 4) is 0 Å². The standard InChI is InChI=1S/C24H23Cl2N3O6S3/c1-2-20(30)24-21(8-10-23(27-24)28-37(31,32)22-9-3-16(25)15-19(22)26)36-17-4-6-18(7-5-17)38(33,34)29-11-13-35-14-12-29/h3-10,15H,2,11-14H2,1H3,(H,27,28). The van der Waals surface area contributed by atoms with Gasteiger partial charge < -0.3 is 4.74 Å². The molecule has 3 aromatic rings. The predicted octanol–water partition coefficient (Wildman–Crippen LogP) is 4.95.